The summed E-state index contributed by atoms with van der Waals surface area (Å²) < 4.78 is 0. The molecule has 0 saturated carbocycles. The number of Topliss-reactive ketones (excluding diaryl/α,β-unsaturated/α-hetero) is 1. The molecule has 1 atom stereocenters. The molecular weight excluding hydrogens is 332 g/mol. The number of hydrogen-bond acceptors (Lipinski definition) is 4. The van der Waals surface area contributed by atoms with Gasteiger partial charge in [0.15, 0.2) is 5.78 Å². The zero-order chi connectivity index (χ0) is 17.2. The third kappa shape index (κ3) is 3.25. The number of fused-ring (bicyclic) bond motifs is 1. The Morgan fingerprint density at radius 1 is 1.16 bits per heavy atom. The lowest BCUT2D eigenvalue weighted by Crippen LogP contribution is -2.38. The van der Waals surface area contributed by atoms with Gasteiger partial charge in [0.05, 0.1) is 6.04 Å². The Morgan fingerprint density at radius 2 is 2.04 bits per heavy atom. The van der Waals surface area contributed by atoms with Crippen molar-refractivity contribution < 1.29 is 9.59 Å². The summed E-state index contributed by atoms with van der Waals surface area (Å²) in [6.07, 6.45) is 8.42. The third-order valence-corrected chi connectivity index (χ3v) is 6.13. The Bertz CT molecular complexity index is 785. The van der Waals surface area contributed by atoms with Crippen LogP contribution in [0, 0.1) is 0 Å². The van der Waals surface area contributed by atoms with Gasteiger partial charge in [-0.25, -0.2) is 4.98 Å². The van der Waals surface area contributed by atoms with E-state index in [1.165, 1.54) is 0 Å². The minimum atomic E-state index is 0.0689. The van der Waals surface area contributed by atoms with Gasteiger partial charge in [0.25, 0.3) is 5.91 Å². The van der Waals surface area contributed by atoms with E-state index >= 15 is 0 Å². The fourth-order valence-corrected chi connectivity index (χ4v) is 4.72. The van der Waals surface area contributed by atoms with Crippen molar-refractivity contribution in [1.29, 1.82) is 0 Å². The number of carbonyl (C=O) groups is 2. The van der Waals surface area contributed by atoms with Crippen molar-refractivity contribution in [1.82, 2.24) is 9.88 Å². The van der Waals surface area contributed by atoms with E-state index in [1.54, 1.807) is 11.3 Å². The number of amides is 1. The van der Waals surface area contributed by atoms with Crippen molar-refractivity contribution in [3.05, 3.63) is 51.5 Å². The number of benzene rings is 1. The van der Waals surface area contributed by atoms with Gasteiger partial charge >= 0.3 is 0 Å². The number of ketones is 1. The molecule has 0 N–H and O–H groups in total. The van der Waals surface area contributed by atoms with E-state index in [0.717, 1.165) is 61.2 Å². The maximum absolute atomic E-state index is 13.2. The molecule has 0 bridgehead atoms. The third-order valence-electron chi connectivity index (χ3n) is 5.25. The lowest BCUT2D eigenvalue weighted by Gasteiger charge is -2.34. The summed E-state index contributed by atoms with van der Waals surface area (Å²) in [6.45, 7) is 0.777. The Hall–Kier alpha value is -2.01. The highest BCUT2D eigenvalue weighted by molar-refractivity contribution is 7.09. The lowest BCUT2D eigenvalue weighted by atomic mass is 9.97. The smallest absolute Gasteiger partial charge is 0.254 e. The van der Waals surface area contributed by atoms with Crippen molar-refractivity contribution in [3.63, 3.8) is 0 Å². The summed E-state index contributed by atoms with van der Waals surface area (Å²) in [6, 6.07) is 5.73. The van der Waals surface area contributed by atoms with Crippen LogP contribution in [-0.4, -0.2) is 28.1 Å². The van der Waals surface area contributed by atoms with Gasteiger partial charge in [0.2, 0.25) is 0 Å². The predicted octanol–water partition coefficient (Wildman–Crippen LogP) is 4.42. The summed E-state index contributed by atoms with van der Waals surface area (Å²) in [5.41, 5.74) is 2.55. The minimum absolute atomic E-state index is 0.0689. The molecule has 4 rings (SSSR count). The molecule has 1 amide bonds. The van der Waals surface area contributed by atoms with E-state index in [-0.39, 0.29) is 17.7 Å². The molecule has 1 saturated heterocycles. The molecule has 1 aliphatic heterocycles. The number of nitrogens with zero attached hydrogens (tertiary/aromatic N) is 2. The molecule has 2 aromatic rings. The second kappa shape index (κ2) is 7.08. The molecule has 130 valence electrons. The highest BCUT2D eigenvalue weighted by atomic mass is 32.1. The van der Waals surface area contributed by atoms with E-state index in [9.17, 15) is 9.59 Å². The van der Waals surface area contributed by atoms with Gasteiger partial charge in [-0.05, 0) is 56.2 Å². The number of aryl methyl sites for hydroxylation is 1. The van der Waals surface area contributed by atoms with E-state index < -0.39 is 0 Å². The van der Waals surface area contributed by atoms with E-state index in [4.69, 9.17) is 0 Å². The normalized spacial score (nSPS) is 20.9. The highest BCUT2D eigenvalue weighted by Crippen LogP contribution is 2.33. The van der Waals surface area contributed by atoms with Crippen LogP contribution in [-0.2, 0) is 6.42 Å². The average Bonchev–Trinajstić information content (AvgIpc) is 3.12. The molecule has 25 heavy (non-hydrogen) atoms. The summed E-state index contributed by atoms with van der Waals surface area (Å²) in [7, 11) is 0. The Balaban J connectivity index is 1.63. The minimum Gasteiger partial charge on any atom is -0.329 e. The largest absolute Gasteiger partial charge is 0.329 e. The number of likely N-dealkylation sites (tertiary alicyclic amines) is 1. The number of rotatable bonds is 2. The van der Waals surface area contributed by atoms with Crippen LogP contribution < -0.4 is 0 Å². The zero-order valence-corrected chi connectivity index (χ0v) is 15.1. The predicted molar refractivity (Wildman–Crippen MR) is 98.1 cm³/mol. The molecule has 4 nitrogen and oxygen atoms in total. The monoisotopic (exact) mass is 354 g/mol. The zero-order valence-electron chi connectivity index (χ0n) is 14.2. The maximum atomic E-state index is 13.2. The van der Waals surface area contributed by atoms with Gasteiger partial charge in [-0.1, -0.05) is 6.07 Å². The first-order valence-electron chi connectivity index (χ1n) is 9.10. The van der Waals surface area contributed by atoms with E-state index in [1.807, 2.05) is 34.7 Å². The van der Waals surface area contributed by atoms with Gasteiger partial charge in [-0.2, -0.15) is 0 Å². The summed E-state index contributed by atoms with van der Waals surface area (Å²) >= 11 is 1.62. The highest BCUT2D eigenvalue weighted by Gasteiger charge is 2.30. The number of thiazole rings is 1. The van der Waals surface area contributed by atoms with Gasteiger partial charge in [-0.3, -0.25) is 9.59 Å². The number of carbonyl (C=O) groups excluding carboxylic acids is 2. The van der Waals surface area contributed by atoms with Crippen molar-refractivity contribution in [2.24, 2.45) is 0 Å². The van der Waals surface area contributed by atoms with E-state index in [2.05, 4.69) is 4.98 Å². The first kappa shape index (κ1) is 16.5. The molecule has 0 spiro atoms. The fourth-order valence-electron chi connectivity index (χ4n) is 3.94. The van der Waals surface area contributed by atoms with Crippen molar-refractivity contribution in [2.75, 3.05) is 6.54 Å². The average molecular weight is 354 g/mol. The summed E-state index contributed by atoms with van der Waals surface area (Å²) in [5, 5.41) is 3.00. The number of hydrogen-bond donors (Lipinski definition) is 0. The molecule has 2 aliphatic rings. The SMILES string of the molecule is O=C1CCCCc2cc(C(=O)N3CCCCC3c3nccs3)ccc21. The van der Waals surface area contributed by atoms with Crippen molar-refractivity contribution >= 4 is 23.0 Å². The second-order valence-corrected chi connectivity index (χ2v) is 7.81. The summed E-state index contributed by atoms with van der Waals surface area (Å²) in [4.78, 5) is 31.8. The van der Waals surface area contributed by atoms with Crippen LogP contribution in [0.1, 0.15) is 75.9 Å². The fraction of sp³-hybridized carbons (Fsp3) is 0.450. The van der Waals surface area contributed by atoms with Crippen molar-refractivity contribution in [3.8, 4) is 0 Å². The Labute approximate surface area is 151 Å². The van der Waals surface area contributed by atoms with Crippen LogP contribution in [0.2, 0.25) is 0 Å². The van der Waals surface area contributed by atoms with Gasteiger partial charge < -0.3 is 4.90 Å². The van der Waals surface area contributed by atoms with Crippen molar-refractivity contribution in [2.45, 2.75) is 51.0 Å². The van der Waals surface area contributed by atoms with Crippen LogP contribution in [0.25, 0.3) is 0 Å². The first-order chi connectivity index (χ1) is 12.2. The molecule has 1 unspecified atom stereocenters. The van der Waals surface area contributed by atoms with Crippen LogP contribution >= 0.6 is 11.3 Å². The van der Waals surface area contributed by atoms with E-state index in [0.29, 0.717) is 12.0 Å². The quantitative estimate of drug-likeness (QED) is 0.750. The topological polar surface area (TPSA) is 50.3 Å². The van der Waals surface area contributed by atoms with Crippen LogP contribution in [0.3, 0.4) is 0 Å². The van der Waals surface area contributed by atoms with Gasteiger partial charge in [0.1, 0.15) is 5.01 Å². The first-order valence-corrected chi connectivity index (χ1v) is 9.98. The second-order valence-electron chi connectivity index (χ2n) is 6.88. The Kier molecular flexibility index (Phi) is 4.66. The molecule has 0 radical (unpaired) electrons. The molecule has 1 aliphatic carbocycles. The van der Waals surface area contributed by atoms with Crippen LogP contribution in [0.5, 0.6) is 0 Å². The molecule has 5 heteroatoms. The Morgan fingerprint density at radius 3 is 2.88 bits per heavy atom. The standard InChI is InChI=1S/C20H22N2O2S/c23-18-7-2-1-5-14-13-15(8-9-16(14)18)20(24)22-11-4-3-6-17(22)19-21-10-12-25-19/h8-10,12-13,17H,1-7,11H2. The van der Waals surface area contributed by atoms with Crippen LogP contribution in [0.15, 0.2) is 29.8 Å². The molecule has 1 fully saturated rings. The molecule has 2 heterocycles. The molecular formula is C20H22N2O2S. The number of piperidine rings is 1. The molecule has 1 aromatic carbocycles. The van der Waals surface area contributed by atoms with Gasteiger partial charge in [-0.15, -0.1) is 11.3 Å². The molecule has 1 aromatic heterocycles. The van der Waals surface area contributed by atoms with Gasteiger partial charge in [0, 0.05) is 35.7 Å². The van der Waals surface area contributed by atoms with Crippen LogP contribution in [0.4, 0.5) is 0 Å². The maximum Gasteiger partial charge on any atom is 0.254 e. The summed E-state index contributed by atoms with van der Waals surface area (Å²) in [5.74, 6) is 0.282. The lowest BCUT2D eigenvalue weighted by molar-refractivity contribution is 0.0611. The number of aromatic nitrogens is 1.